The van der Waals surface area contributed by atoms with E-state index in [1.807, 2.05) is 12.1 Å². The molecule has 0 aromatic heterocycles. The highest BCUT2D eigenvalue weighted by molar-refractivity contribution is 5.32. The lowest BCUT2D eigenvalue weighted by Gasteiger charge is -2.26. The molecule has 1 saturated heterocycles. The molecule has 1 unspecified atom stereocenters. The van der Waals surface area contributed by atoms with Crippen molar-refractivity contribution in [2.24, 2.45) is 0 Å². The van der Waals surface area contributed by atoms with Gasteiger partial charge in [0, 0.05) is 32.3 Å². The van der Waals surface area contributed by atoms with E-state index in [2.05, 4.69) is 11.8 Å². The van der Waals surface area contributed by atoms with Gasteiger partial charge in [-0.1, -0.05) is 12.1 Å². The molecule has 0 radical (unpaired) electrons. The molecule has 5 nitrogen and oxygen atoms in total. The van der Waals surface area contributed by atoms with Crippen LogP contribution in [0.1, 0.15) is 31.7 Å². The number of hydrogen-bond donors (Lipinski definition) is 0. The second kappa shape index (κ2) is 6.33. The van der Waals surface area contributed by atoms with Crippen LogP contribution in [0.25, 0.3) is 0 Å². The first-order chi connectivity index (χ1) is 9.52. The molecule has 1 aromatic rings. The van der Waals surface area contributed by atoms with Crippen molar-refractivity contribution >= 4 is 5.69 Å². The van der Waals surface area contributed by atoms with Gasteiger partial charge in [-0.25, -0.2) is 0 Å². The fourth-order valence-corrected chi connectivity index (χ4v) is 2.65. The molecule has 0 amide bonds. The second-order valence-electron chi connectivity index (χ2n) is 5.71. The van der Waals surface area contributed by atoms with Crippen LogP contribution in [0, 0.1) is 10.1 Å². The largest absolute Gasteiger partial charge is 0.378 e. The molecule has 1 aliphatic heterocycles. The zero-order valence-corrected chi connectivity index (χ0v) is 12.2. The van der Waals surface area contributed by atoms with Gasteiger partial charge in [-0.2, -0.15) is 0 Å². The average Bonchev–Trinajstić information content (AvgIpc) is 2.63. The molecule has 0 aliphatic carbocycles. The van der Waals surface area contributed by atoms with Gasteiger partial charge >= 0.3 is 0 Å². The first-order valence-corrected chi connectivity index (χ1v) is 7.03. The Morgan fingerprint density at radius 3 is 2.60 bits per heavy atom. The van der Waals surface area contributed by atoms with Crippen LogP contribution >= 0.6 is 0 Å². The monoisotopic (exact) mass is 278 g/mol. The van der Waals surface area contributed by atoms with Gasteiger partial charge in [-0.05, 0) is 38.3 Å². The lowest BCUT2D eigenvalue weighted by molar-refractivity contribution is -0.384. The minimum atomic E-state index is -0.361. The molecule has 20 heavy (non-hydrogen) atoms. The maximum Gasteiger partial charge on any atom is 0.269 e. The van der Waals surface area contributed by atoms with Crippen molar-refractivity contribution in [3.8, 4) is 0 Å². The van der Waals surface area contributed by atoms with Crippen molar-refractivity contribution in [3.05, 3.63) is 39.9 Å². The highest BCUT2D eigenvalue weighted by atomic mass is 16.6. The van der Waals surface area contributed by atoms with Crippen LogP contribution in [0.5, 0.6) is 0 Å². The Balaban J connectivity index is 1.94. The Kier molecular flexibility index (Phi) is 4.73. The third-order valence-electron chi connectivity index (χ3n) is 4.18. The number of nitro benzene ring substituents is 1. The van der Waals surface area contributed by atoms with Gasteiger partial charge in [0.1, 0.15) is 0 Å². The Labute approximate surface area is 119 Å². The van der Waals surface area contributed by atoms with E-state index in [0.29, 0.717) is 0 Å². The van der Waals surface area contributed by atoms with Crippen molar-refractivity contribution in [1.82, 2.24) is 4.90 Å². The molecule has 110 valence electrons. The number of hydrogen-bond acceptors (Lipinski definition) is 4. The Morgan fingerprint density at radius 2 is 2.00 bits per heavy atom. The van der Waals surface area contributed by atoms with Crippen molar-refractivity contribution in [2.75, 3.05) is 20.2 Å². The van der Waals surface area contributed by atoms with Crippen molar-refractivity contribution in [3.63, 3.8) is 0 Å². The van der Waals surface area contributed by atoms with Crippen molar-refractivity contribution < 1.29 is 9.66 Å². The maximum absolute atomic E-state index is 10.6. The first kappa shape index (κ1) is 14.9. The fraction of sp³-hybridized carbons (Fsp3) is 0.600. The predicted octanol–water partition coefficient (Wildman–Crippen LogP) is 2.99. The topological polar surface area (TPSA) is 55.6 Å². The summed E-state index contributed by atoms with van der Waals surface area (Å²) in [6, 6.07) is 6.84. The standard InChI is InChI=1S/C15H22N2O3/c1-15(20-2)8-3-10-16(11-9-15)12-13-4-6-14(7-5-13)17(18)19/h4-7H,3,8-12H2,1-2H3. The highest BCUT2D eigenvalue weighted by Crippen LogP contribution is 2.26. The summed E-state index contributed by atoms with van der Waals surface area (Å²) < 4.78 is 5.60. The Morgan fingerprint density at radius 1 is 1.30 bits per heavy atom. The van der Waals surface area contributed by atoms with Gasteiger partial charge < -0.3 is 4.74 Å². The Hall–Kier alpha value is -1.46. The molecule has 1 aromatic carbocycles. The third kappa shape index (κ3) is 3.77. The molecule has 1 fully saturated rings. The van der Waals surface area contributed by atoms with Crippen molar-refractivity contribution in [2.45, 2.75) is 38.3 Å². The van der Waals surface area contributed by atoms with Crippen LogP contribution in [-0.4, -0.2) is 35.6 Å². The van der Waals surface area contributed by atoms with E-state index in [1.54, 1.807) is 19.2 Å². The van der Waals surface area contributed by atoms with Gasteiger partial charge in [-0.15, -0.1) is 0 Å². The Bertz CT molecular complexity index is 461. The number of likely N-dealkylation sites (tertiary alicyclic amines) is 1. The van der Waals surface area contributed by atoms with E-state index < -0.39 is 0 Å². The lowest BCUT2D eigenvalue weighted by Crippen LogP contribution is -2.30. The summed E-state index contributed by atoms with van der Waals surface area (Å²) in [4.78, 5) is 12.7. The number of non-ortho nitro benzene ring substituents is 1. The molecule has 0 saturated carbocycles. The normalized spacial score (nSPS) is 24.3. The summed E-state index contributed by atoms with van der Waals surface area (Å²) in [5, 5.41) is 10.6. The van der Waals surface area contributed by atoms with E-state index in [0.717, 1.165) is 44.5 Å². The molecular weight excluding hydrogens is 256 g/mol. The fourth-order valence-electron chi connectivity index (χ4n) is 2.65. The van der Waals surface area contributed by atoms with Gasteiger partial charge in [0.15, 0.2) is 0 Å². The predicted molar refractivity (Wildman–Crippen MR) is 77.6 cm³/mol. The average molecular weight is 278 g/mol. The van der Waals surface area contributed by atoms with E-state index in [1.165, 1.54) is 0 Å². The summed E-state index contributed by atoms with van der Waals surface area (Å²) in [7, 11) is 1.78. The molecule has 1 atom stereocenters. The number of methoxy groups -OCH3 is 1. The van der Waals surface area contributed by atoms with Crippen molar-refractivity contribution in [1.29, 1.82) is 0 Å². The number of rotatable bonds is 4. The summed E-state index contributed by atoms with van der Waals surface area (Å²) in [6.07, 6.45) is 3.23. The maximum atomic E-state index is 10.6. The van der Waals surface area contributed by atoms with Gasteiger partial charge in [0.2, 0.25) is 0 Å². The third-order valence-corrected chi connectivity index (χ3v) is 4.18. The molecule has 1 aliphatic rings. The summed E-state index contributed by atoms with van der Waals surface area (Å²) in [6.45, 7) is 5.07. The minimum absolute atomic E-state index is 0.00970. The van der Waals surface area contributed by atoms with Crippen LogP contribution in [0.3, 0.4) is 0 Å². The van der Waals surface area contributed by atoms with E-state index in [9.17, 15) is 10.1 Å². The van der Waals surface area contributed by atoms with Crippen LogP contribution < -0.4 is 0 Å². The molecule has 0 N–H and O–H groups in total. The van der Waals surface area contributed by atoms with E-state index >= 15 is 0 Å². The van der Waals surface area contributed by atoms with E-state index in [4.69, 9.17) is 4.74 Å². The quantitative estimate of drug-likeness (QED) is 0.627. The summed E-state index contributed by atoms with van der Waals surface area (Å²) in [5.41, 5.74) is 1.26. The van der Waals surface area contributed by atoms with Gasteiger partial charge in [0.05, 0.1) is 10.5 Å². The number of nitro groups is 1. The second-order valence-corrected chi connectivity index (χ2v) is 5.71. The summed E-state index contributed by atoms with van der Waals surface area (Å²) >= 11 is 0. The van der Waals surface area contributed by atoms with Crippen LogP contribution in [0.2, 0.25) is 0 Å². The zero-order valence-electron chi connectivity index (χ0n) is 12.2. The number of ether oxygens (including phenoxy) is 1. The molecule has 2 rings (SSSR count). The van der Waals surface area contributed by atoms with Crippen LogP contribution in [-0.2, 0) is 11.3 Å². The molecule has 5 heteroatoms. The SMILES string of the molecule is COC1(C)CCCN(Cc2ccc([N+](=O)[O-])cc2)CC1. The number of nitrogens with zero attached hydrogens (tertiary/aromatic N) is 2. The summed E-state index contributed by atoms with van der Waals surface area (Å²) in [5.74, 6) is 0. The minimum Gasteiger partial charge on any atom is -0.378 e. The van der Waals surface area contributed by atoms with Gasteiger partial charge in [-0.3, -0.25) is 15.0 Å². The molecule has 0 spiro atoms. The van der Waals surface area contributed by atoms with Crippen LogP contribution in [0.15, 0.2) is 24.3 Å². The first-order valence-electron chi connectivity index (χ1n) is 7.03. The zero-order chi connectivity index (χ0) is 14.6. The van der Waals surface area contributed by atoms with E-state index in [-0.39, 0.29) is 16.2 Å². The smallest absolute Gasteiger partial charge is 0.269 e. The lowest BCUT2D eigenvalue weighted by atomic mass is 9.97. The molecule has 1 heterocycles. The molecular formula is C15H22N2O3. The number of benzene rings is 1. The van der Waals surface area contributed by atoms with Crippen LogP contribution in [0.4, 0.5) is 5.69 Å². The van der Waals surface area contributed by atoms with Gasteiger partial charge in [0.25, 0.3) is 5.69 Å². The highest BCUT2D eigenvalue weighted by Gasteiger charge is 2.27. The molecule has 0 bridgehead atoms.